The molecule has 0 aromatic heterocycles. The lowest BCUT2D eigenvalue weighted by Gasteiger charge is -2.36. The lowest BCUT2D eigenvalue weighted by Crippen LogP contribution is -2.55. The second-order valence-corrected chi connectivity index (χ2v) is 5.65. The normalized spacial score (nSPS) is 15.1. The summed E-state index contributed by atoms with van der Waals surface area (Å²) in [5.74, 6) is -4.55. The molecule has 7 heteroatoms. The average molecular weight is 320 g/mol. The number of rotatable bonds is 5. The number of hydrogen-bond donors (Lipinski definition) is 3. The lowest BCUT2D eigenvalue weighted by atomic mass is 9.81. The van der Waals surface area contributed by atoms with Crippen molar-refractivity contribution in [2.24, 2.45) is 9.98 Å². The largest absolute Gasteiger partial charge is 0.340 e. The summed E-state index contributed by atoms with van der Waals surface area (Å²) in [7, 11) is 0. The summed E-state index contributed by atoms with van der Waals surface area (Å²) < 4.78 is 0. The Balaban J connectivity index is 3.76. The molecule has 0 aliphatic carbocycles. The minimum Gasteiger partial charge on any atom is -0.340 e. The van der Waals surface area contributed by atoms with Gasteiger partial charge in [0.15, 0.2) is 0 Å². The number of aryl methyl sites for hydroxylation is 1. The summed E-state index contributed by atoms with van der Waals surface area (Å²) in [5.41, 5.74) is 1.75. The number of hydrogen-bond acceptors (Lipinski definition) is 7. The zero-order valence-corrected chi connectivity index (χ0v) is 13.7. The van der Waals surface area contributed by atoms with Crippen molar-refractivity contribution < 1.29 is 24.9 Å². The van der Waals surface area contributed by atoms with E-state index in [0.29, 0.717) is 5.56 Å². The SMILES string of the molecule is Cc1cc(C(C)C(N=C=O)(N=C=O)C(O)(O)O)c(C)c(C)c1C. The van der Waals surface area contributed by atoms with Gasteiger partial charge in [0.2, 0.25) is 12.2 Å². The Bertz CT molecular complexity index is 690. The van der Waals surface area contributed by atoms with E-state index in [1.807, 2.05) is 20.8 Å². The molecule has 7 nitrogen and oxygen atoms in total. The Morgan fingerprint density at radius 1 is 0.957 bits per heavy atom. The Morgan fingerprint density at radius 2 is 1.43 bits per heavy atom. The summed E-state index contributed by atoms with van der Waals surface area (Å²) in [5, 5.41) is 29.0. The molecule has 1 rings (SSSR count). The number of nitrogens with zero attached hydrogens (tertiary/aromatic N) is 2. The first-order valence-electron chi connectivity index (χ1n) is 6.96. The van der Waals surface area contributed by atoms with Gasteiger partial charge in [0, 0.05) is 5.92 Å². The second-order valence-electron chi connectivity index (χ2n) is 5.65. The van der Waals surface area contributed by atoms with Crippen LogP contribution in [0.3, 0.4) is 0 Å². The minimum absolute atomic E-state index is 0.560. The van der Waals surface area contributed by atoms with Gasteiger partial charge in [-0.25, -0.2) is 9.59 Å². The molecule has 1 atom stereocenters. The molecular weight excluding hydrogens is 300 g/mol. The van der Waals surface area contributed by atoms with Crippen LogP contribution in [0.4, 0.5) is 0 Å². The van der Waals surface area contributed by atoms with Gasteiger partial charge in [-0.3, -0.25) is 0 Å². The zero-order valence-electron chi connectivity index (χ0n) is 13.7. The summed E-state index contributed by atoms with van der Waals surface area (Å²) in [6, 6.07) is 1.77. The molecule has 0 radical (unpaired) electrons. The number of isocyanates is 2. The second kappa shape index (κ2) is 6.54. The molecule has 23 heavy (non-hydrogen) atoms. The van der Waals surface area contributed by atoms with Gasteiger partial charge in [0.05, 0.1) is 0 Å². The van der Waals surface area contributed by atoms with Gasteiger partial charge < -0.3 is 15.3 Å². The fourth-order valence-electron chi connectivity index (χ4n) is 2.71. The van der Waals surface area contributed by atoms with E-state index in [2.05, 4.69) is 9.98 Å². The number of aliphatic hydroxyl groups is 3. The van der Waals surface area contributed by atoms with E-state index >= 15 is 0 Å². The van der Waals surface area contributed by atoms with Crippen LogP contribution in [-0.4, -0.2) is 39.1 Å². The van der Waals surface area contributed by atoms with E-state index in [9.17, 15) is 24.9 Å². The van der Waals surface area contributed by atoms with Gasteiger partial charge in [-0.2, -0.15) is 9.98 Å². The first-order valence-corrected chi connectivity index (χ1v) is 6.96. The quantitative estimate of drug-likeness (QED) is 0.425. The standard InChI is InChI=1S/C16H20N2O5/c1-9-6-14(12(4)11(3)10(9)2)13(5)15(17-7-19,18-8-20)16(21,22)23/h6,13,21-23H,1-5H3. The van der Waals surface area contributed by atoms with Gasteiger partial charge in [0.1, 0.15) is 0 Å². The van der Waals surface area contributed by atoms with E-state index in [1.165, 1.54) is 6.92 Å². The molecule has 0 saturated heterocycles. The van der Waals surface area contributed by atoms with Crippen molar-refractivity contribution in [1.82, 2.24) is 0 Å². The Hall–Kier alpha value is -2.14. The van der Waals surface area contributed by atoms with Gasteiger partial charge in [0.25, 0.3) is 5.66 Å². The molecule has 1 unspecified atom stereocenters. The van der Waals surface area contributed by atoms with Crippen LogP contribution >= 0.6 is 0 Å². The average Bonchev–Trinajstić information content (AvgIpc) is 2.46. The number of aliphatic imine (C=N–C) groups is 2. The van der Waals surface area contributed by atoms with Crippen LogP contribution in [0.2, 0.25) is 0 Å². The smallest absolute Gasteiger partial charge is 0.326 e. The van der Waals surface area contributed by atoms with Crippen molar-refractivity contribution in [2.75, 3.05) is 0 Å². The van der Waals surface area contributed by atoms with Crippen molar-refractivity contribution in [3.05, 3.63) is 33.9 Å². The molecule has 124 valence electrons. The van der Waals surface area contributed by atoms with Crippen LogP contribution in [-0.2, 0) is 9.59 Å². The highest BCUT2D eigenvalue weighted by atomic mass is 16.7. The molecule has 0 aliphatic heterocycles. The van der Waals surface area contributed by atoms with E-state index < -0.39 is 17.6 Å². The van der Waals surface area contributed by atoms with Crippen molar-refractivity contribution >= 4 is 12.2 Å². The highest BCUT2D eigenvalue weighted by molar-refractivity contribution is 5.48. The highest BCUT2D eigenvalue weighted by Crippen LogP contribution is 2.41. The zero-order chi connectivity index (χ0) is 18.0. The van der Waals surface area contributed by atoms with E-state index in [4.69, 9.17) is 0 Å². The van der Waals surface area contributed by atoms with Crippen LogP contribution < -0.4 is 0 Å². The monoisotopic (exact) mass is 320 g/mol. The molecule has 0 spiro atoms. The molecule has 0 amide bonds. The van der Waals surface area contributed by atoms with Crippen molar-refractivity contribution in [3.8, 4) is 0 Å². The molecule has 0 bridgehead atoms. The first kappa shape index (κ1) is 18.9. The third-order valence-corrected chi connectivity index (χ3v) is 4.52. The van der Waals surface area contributed by atoms with Gasteiger partial charge >= 0.3 is 5.97 Å². The van der Waals surface area contributed by atoms with Crippen LogP contribution in [0, 0.1) is 27.7 Å². The number of benzene rings is 1. The van der Waals surface area contributed by atoms with Crippen molar-refractivity contribution in [2.45, 2.75) is 52.2 Å². The predicted octanol–water partition coefficient (Wildman–Crippen LogP) is 1.02. The fraction of sp³-hybridized carbons (Fsp3) is 0.500. The molecular formula is C16H20N2O5. The van der Waals surface area contributed by atoms with Gasteiger partial charge in [-0.05, 0) is 55.5 Å². The lowest BCUT2D eigenvalue weighted by molar-refractivity contribution is -0.349. The summed E-state index contributed by atoms with van der Waals surface area (Å²) in [4.78, 5) is 27.9. The van der Waals surface area contributed by atoms with E-state index in [1.54, 1.807) is 13.0 Å². The molecule has 3 N–H and O–H groups in total. The topological polar surface area (TPSA) is 120 Å². The Labute approximate surface area is 134 Å². The molecule has 0 aliphatic rings. The third-order valence-electron chi connectivity index (χ3n) is 4.52. The summed E-state index contributed by atoms with van der Waals surface area (Å²) in [6.07, 6.45) is 2.27. The highest BCUT2D eigenvalue weighted by Gasteiger charge is 2.55. The first-order chi connectivity index (χ1) is 10.5. The molecule has 1 aromatic carbocycles. The molecule has 0 saturated carbocycles. The maximum Gasteiger partial charge on any atom is 0.326 e. The van der Waals surface area contributed by atoms with E-state index in [-0.39, 0.29) is 0 Å². The van der Waals surface area contributed by atoms with Crippen LogP contribution in [0.5, 0.6) is 0 Å². The summed E-state index contributed by atoms with van der Waals surface area (Å²) in [6.45, 7) is 8.99. The molecule has 1 aromatic rings. The van der Waals surface area contributed by atoms with Crippen molar-refractivity contribution in [1.29, 1.82) is 0 Å². The van der Waals surface area contributed by atoms with E-state index in [0.717, 1.165) is 34.4 Å². The maximum absolute atomic E-state index is 10.7. The van der Waals surface area contributed by atoms with Crippen LogP contribution in [0.15, 0.2) is 16.1 Å². The minimum atomic E-state index is -3.54. The third kappa shape index (κ3) is 3.15. The Kier molecular flexibility index (Phi) is 5.38. The van der Waals surface area contributed by atoms with Crippen LogP contribution in [0.1, 0.15) is 40.7 Å². The Morgan fingerprint density at radius 3 is 1.83 bits per heavy atom. The fourth-order valence-corrected chi connectivity index (χ4v) is 2.71. The van der Waals surface area contributed by atoms with Gasteiger partial charge in [-0.15, -0.1) is 0 Å². The predicted molar refractivity (Wildman–Crippen MR) is 82.2 cm³/mol. The van der Waals surface area contributed by atoms with Crippen LogP contribution in [0.25, 0.3) is 0 Å². The maximum atomic E-state index is 10.7. The van der Waals surface area contributed by atoms with Crippen molar-refractivity contribution in [3.63, 3.8) is 0 Å². The molecule has 0 fully saturated rings. The number of carbonyl (C=O) groups excluding carboxylic acids is 2. The molecule has 0 heterocycles. The van der Waals surface area contributed by atoms with Gasteiger partial charge in [-0.1, -0.05) is 13.0 Å². The summed E-state index contributed by atoms with van der Waals surface area (Å²) >= 11 is 0.